The lowest BCUT2D eigenvalue weighted by atomic mass is 10.00. The first-order valence-electron chi connectivity index (χ1n) is 8.78. The third kappa shape index (κ3) is 5.23. The molecule has 0 saturated carbocycles. The summed E-state index contributed by atoms with van der Waals surface area (Å²) in [5.74, 6) is -0.243. The van der Waals surface area contributed by atoms with Crippen LogP contribution >= 0.6 is 0 Å². The van der Waals surface area contributed by atoms with Crippen LogP contribution in [0.25, 0.3) is 12.2 Å². The summed E-state index contributed by atoms with van der Waals surface area (Å²) in [6.07, 6.45) is 6.64. The first kappa shape index (κ1) is 18.3. The first-order valence-corrected chi connectivity index (χ1v) is 8.78. The van der Waals surface area contributed by atoms with Gasteiger partial charge in [0, 0.05) is 11.1 Å². The van der Waals surface area contributed by atoms with E-state index in [0.717, 1.165) is 16.7 Å². The molecule has 0 amide bonds. The van der Waals surface area contributed by atoms with Crippen LogP contribution < -0.4 is 0 Å². The molecule has 2 nitrogen and oxygen atoms in total. The van der Waals surface area contributed by atoms with Crippen molar-refractivity contribution in [3.05, 3.63) is 119 Å². The van der Waals surface area contributed by atoms with Crippen molar-refractivity contribution >= 4 is 23.7 Å². The van der Waals surface area contributed by atoms with E-state index in [1.54, 1.807) is 30.4 Å². The molecule has 0 N–H and O–H groups in total. The standard InChI is InChI=1S/C25H20O2/c1-19-16-22(24(26)14-12-20-8-4-2-5-9-20)18-23(17-19)25(27)15-13-21-10-6-3-7-11-21/h2-18H,1H3/b14-12+,15-13+. The molecule has 0 unspecified atom stereocenters. The molecule has 0 fully saturated rings. The molecule has 0 aliphatic rings. The second kappa shape index (κ2) is 8.72. The molecule has 3 aromatic rings. The van der Waals surface area contributed by atoms with E-state index in [4.69, 9.17) is 0 Å². The van der Waals surface area contributed by atoms with Gasteiger partial charge in [-0.1, -0.05) is 72.8 Å². The predicted molar refractivity (Wildman–Crippen MR) is 111 cm³/mol. The van der Waals surface area contributed by atoms with Gasteiger partial charge in [0.25, 0.3) is 0 Å². The highest BCUT2D eigenvalue weighted by Gasteiger charge is 2.09. The van der Waals surface area contributed by atoms with E-state index in [9.17, 15) is 9.59 Å². The maximum Gasteiger partial charge on any atom is 0.185 e. The molecule has 0 spiro atoms. The highest BCUT2D eigenvalue weighted by Crippen LogP contribution is 2.14. The van der Waals surface area contributed by atoms with Gasteiger partial charge in [-0.2, -0.15) is 0 Å². The number of carbonyl (C=O) groups excluding carboxylic acids is 2. The molecule has 132 valence electrons. The number of rotatable bonds is 6. The van der Waals surface area contributed by atoms with Gasteiger partial charge in [-0.3, -0.25) is 9.59 Å². The van der Waals surface area contributed by atoms with Gasteiger partial charge in [-0.25, -0.2) is 0 Å². The number of aryl methyl sites for hydroxylation is 1. The van der Waals surface area contributed by atoms with Crippen molar-refractivity contribution < 1.29 is 9.59 Å². The molecule has 0 aromatic heterocycles. The molecule has 27 heavy (non-hydrogen) atoms. The van der Waals surface area contributed by atoms with Gasteiger partial charge in [0.2, 0.25) is 0 Å². The molecular weight excluding hydrogens is 332 g/mol. The Morgan fingerprint density at radius 2 is 1.04 bits per heavy atom. The molecule has 2 heteroatoms. The average molecular weight is 352 g/mol. The van der Waals surface area contributed by atoms with Crippen molar-refractivity contribution in [2.75, 3.05) is 0 Å². The zero-order valence-electron chi connectivity index (χ0n) is 15.1. The summed E-state index contributed by atoms with van der Waals surface area (Å²) in [5, 5.41) is 0. The summed E-state index contributed by atoms with van der Waals surface area (Å²) in [7, 11) is 0. The maximum absolute atomic E-state index is 12.5. The summed E-state index contributed by atoms with van der Waals surface area (Å²) in [4.78, 5) is 25.0. The predicted octanol–water partition coefficient (Wildman–Crippen LogP) is 5.79. The van der Waals surface area contributed by atoms with Crippen molar-refractivity contribution in [1.29, 1.82) is 0 Å². The Bertz CT molecular complexity index is 917. The first-order chi connectivity index (χ1) is 13.1. The second-order valence-electron chi connectivity index (χ2n) is 6.30. The fourth-order valence-corrected chi connectivity index (χ4v) is 2.73. The van der Waals surface area contributed by atoms with Crippen LogP contribution in [0.1, 0.15) is 37.4 Å². The third-order valence-electron chi connectivity index (χ3n) is 4.10. The van der Waals surface area contributed by atoms with Crippen LogP contribution in [0, 0.1) is 6.92 Å². The van der Waals surface area contributed by atoms with Crippen LogP contribution in [0.4, 0.5) is 0 Å². The minimum absolute atomic E-state index is 0.122. The zero-order valence-corrected chi connectivity index (χ0v) is 15.1. The molecule has 0 saturated heterocycles. The van der Waals surface area contributed by atoms with Gasteiger partial charge in [0.15, 0.2) is 11.6 Å². The van der Waals surface area contributed by atoms with E-state index in [1.807, 2.05) is 67.6 Å². The van der Waals surface area contributed by atoms with Crippen molar-refractivity contribution in [3.63, 3.8) is 0 Å². The van der Waals surface area contributed by atoms with E-state index < -0.39 is 0 Å². The van der Waals surface area contributed by atoms with E-state index in [2.05, 4.69) is 0 Å². The summed E-state index contributed by atoms with van der Waals surface area (Å²) in [6.45, 7) is 1.88. The minimum Gasteiger partial charge on any atom is -0.289 e. The Kier molecular flexibility index (Phi) is 5.91. The second-order valence-corrected chi connectivity index (χ2v) is 6.30. The Labute approximate surface area is 159 Å². The van der Waals surface area contributed by atoms with Gasteiger partial charge in [0.1, 0.15) is 0 Å². The van der Waals surface area contributed by atoms with Crippen molar-refractivity contribution in [1.82, 2.24) is 0 Å². The Hall–Kier alpha value is -3.52. The maximum atomic E-state index is 12.5. The smallest absolute Gasteiger partial charge is 0.185 e. The number of carbonyl (C=O) groups is 2. The molecular formula is C25H20O2. The van der Waals surface area contributed by atoms with Gasteiger partial charge in [-0.15, -0.1) is 0 Å². The summed E-state index contributed by atoms with van der Waals surface area (Å²) in [5.41, 5.74) is 3.82. The van der Waals surface area contributed by atoms with E-state index in [-0.39, 0.29) is 11.6 Å². The van der Waals surface area contributed by atoms with E-state index >= 15 is 0 Å². The normalized spacial score (nSPS) is 11.1. The van der Waals surface area contributed by atoms with Crippen LogP contribution in [0.5, 0.6) is 0 Å². The fourth-order valence-electron chi connectivity index (χ4n) is 2.73. The number of ketones is 2. The number of benzene rings is 3. The minimum atomic E-state index is -0.122. The lowest BCUT2D eigenvalue weighted by Crippen LogP contribution is -2.01. The molecule has 0 bridgehead atoms. The van der Waals surface area contributed by atoms with Crippen LogP contribution in [-0.2, 0) is 0 Å². The van der Waals surface area contributed by atoms with E-state index in [1.165, 1.54) is 12.2 Å². The zero-order chi connectivity index (χ0) is 19.1. The van der Waals surface area contributed by atoms with Gasteiger partial charge in [0.05, 0.1) is 0 Å². The average Bonchev–Trinajstić information content (AvgIpc) is 2.71. The van der Waals surface area contributed by atoms with Crippen molar-refractivity contribution in [2.45, 2.75) is 6.92 Å². The monoisotopic (exact) mass is 352 g/mol. The lowest BCUT2D eigenvalue weighted by molar-refractivity contribution is 0.104. The molecule has 0 radical (unpaired) electrons. The van der Waals surface area contributed by atoms with Crippen LogP contribution in [0.2, 0.25) is 0 Å². The Morgan fingerprint density at radius 3 is 1.44 bits per heavy atom. The molecule has 3 aromatic carbocycles. The number of allylic oxidation sites excluding steroid dienone is 2. The van der Waals surface area contributed by atoms with Crippen molar-refractivity contribution in [2.24, 2.45) is 0 Å². The third-order valence-corrected chi connectivity index (χ3v) is 4.10. The van der Waals surface area contributed by atoms with E-state index in [0.29, 0.717) is 11.1 Å². The van der Waals surface area contributed by atoms with Gasteiger partial charge in [-0.05, 0) is 54.0 Å². The van der Waals surface area contributed by atoms with Crippen molar-refractivity contribution in [3.8, 4) is 0 Å². The summed E-state index contributed by atoms with van der Waals surface area (Å²) in [6, 6.07) is 24.5. The molecule has 0 heterocycles. The molecule has 0 atom stereocenters. The largest absolute Gasteiger partial charge is 0.289 e. The summed E-state index contributed by atoms with van der Waals surface area (Å²) >= 11 is 0. The van der Waals surface area contributed by atoms with Crippen LogP contribution in [-0.4, -0.2) is 11.6 Å². The Morgan fingerprint density at radius 1 is 0.630 bits per heavy atom. The topological polar surface area (TPSA) is 34.1 Å². The van der Waals surface area contributed by atoms with Gasteiger partial charge >= 0.3 is 0 Å². The van der Waals surface area contributed by atoms with Crippen LogP contribution in [0.3, 0.4) is 0 Å². The number of hydrogen-bond donors (Lipinski definition) is 0. The molecule has 0 aliphatic carbocycles. The number of hydrogen-bond acceptors (Lipinski definition) is 2. The molecule has 3 rings (SSSR count). The SMILES string of the molecule is Cc1cc(C(=O)/C=C/c2ccccc2)cc(C(=O)/C=C/c2ccccc2)c1. The highest BCUT2D eigenvalue weighted by atomic mass is 16.1. The Balaban J connectivity index is 1.79. The van der Waals surface area contributed by atoms with Crippen LogP contribution in [0.15, 0.2) is 91.0 Å². The fraction of sp³-hybridized carbons (Fsp3) is 0.0400. The lowest BCUT2D eigenvalue weighted by Gasteiger charge is -2.03. The molecule has 0 aliphatic heterocycles. The quantitative estimate of drug-likeness (QED) is 0.416. The highest BCUT2D eigenvalue weighted by molar-refractivity contribution is 6.11. The van der Waals surface area contributed by atoms with Gasteiger partial charge < -0.3 is 0 Å². The summed E-state index contributed by atoms with van der Waals surface area (Å²) < 4.78 is 0.